The molecule has 0 spiro atoms. The van der Waals surface area contributed by atoms with Crippen LogP contribution in [0.2, 0.25) is 0 Å². The number of aliphatic carboxylic acids is 1. The molecule has 3 rings (SSSR count). The van der Waals surface area contributed by atoms with Gasteiger partial charge in [0.25, 0.3) is 0 Å². The van der Waals surface area contributed by atoms with E-state index in [4.69, 9.17) is 27.9 Å². The maximum absolute atomic E-state index is 14.3. The van der Waals surface area contributed by atoms with Crippen molar-refractivity contribution < 1.29 is 19.0 Å². The third-order valence-electron chi connectivity index (χ3n) is 5.74. The molecule has 2 aromatic carbocycles. The molecular formula is C22H18Cl2FNO3. The van der Waals surface area contributed by atoms with Crippen molar-refractivity contribution in [1.82, 2.24) is 0 Å². The minimum atomic E-state index is -1.46. The van der Waals surface area contributed by atoms with Gasteiger partial charge < -0.3 is 9.84 Å². The van der Waals surface area contributed by atoms with Crippen molar-refractivity contribution in [3.8, 4) is 17.6 Å². The Bertz CT molecular complexity index is 1010. The van der Waals surface area contributed by atoms with E-state index in [1.54, 1.807) is 44.2 Å². The Morgan fingerprint density at radius 3 is 2.48 bits per heavy atom. The number of rotatable bonds is 6. The Kier molecular flexibility index (Phi) is 5.62. The first-order chi connectivity index (χ1) is 13.7. The predicted octanol–water partition coefficient (Wildman–Crippen LogP) is 6.27. The zero-order valence-electron chi connectivity index (χ0n) is 15.7. The minimum Gasteiger partial charge on any atom is -0.481 e. The van der Waals surface area contributed by atoms with Crippen LogP contribution in [0.25, 0.3) is 0 Å². The van der Waals surface area contributed by atoms with Crippen LogP contribution in [-0.4, -0.2) is 11.1 Å². The Hall–Kier alpha value is -2.55. The van der Waals surface area contributed by atoms with Gasteiger partial charge in [0.05, 0.1) is 12.0 Å². The SMILES string of the molecule is CC1(C)[C@H](C=C(Cl)Cl)[C@@]1(C(=O)O)[C@H](C#N)c1ccc(F)c(Oc2ccccc2)c1. The number of nitriles is 1. The molecule has 2 aromatic rings. The first-order valence-electron chi connectivity index (χ1n) is 8.84. The number of para-hydroxylation sites is 1. The third-order valence-corrected chi connectivity index (χ3v) is 5.99. The second-order valence-corrected chi connectivity index (χ2v) is 8.50. The molecule has 1 aliphatic rings. The zero-order chi connectivity index (χ0) is 21.4. The highest BCUT2D eigenvalue weighted by Crippen LogP contribution is 2.75. The molecule has 0 unspecified atom stereocenters. The summed E-state index contributed by atoms with van der Waals surface area (Å²) in [5.41, 5.74) is -1.90. The highest BCUT2D eigenvalue weighted by Gasteiger charge is 2.78. The largest absolute Gasteiger partial charge is 0.481 e. The Balaban J connectivity index is 2.06. The van der Waals surface area contributed by atoms with E-state index in [1.165, 1.54) is 24.3 Å². The molecule has 0 aliphatic heterocycles. The average Bonchev–Trinajstić information content (AvgIpc) is 3.14. The molecule has 1 fully saturated rings. The number of allylic oxidation sites excluding steroid dienone is 1. The molecule has 150 valence electrons. The fourth-order valence-electron chi connectivity index (χ4n) is 4.22. The van der Waals surface area contributed by atoms with Gasteiger partial charge in [0.1, 0.15) is 15.7 Å². The lowest BCUT2D eigenvalue weighted by Gasteiger charge is -2.22. The van der Waals surface area contributed by atoms with Gasteiger partial charge in [-0.25, -0.2) is 4.39 Å². The highest BCUT2D eigenvalue weighted by molar-refractivity contribution is 6.55. The predicted molar refractivity (Wildman–Crippen MR) is 108 cm³/mol. The molecule has 7 heteroatoms. The molecule has 1 saturated carbocycles. The molecule has 0 amide bonds. The number of ether oxygens (including phenoxy) is 1. The number of benzene rings is 2. The summed E-state index contributed by atoms with van der Waals surface area (Å²) in [5.74, 6) is -3.05. The van der Waals surface area contributed by atoms with Crippen molar-refractivity contribution in [2.75, 3.05) is 0 Å². The van der Waals surface area contributed by atoms with Crippen LogP contribution in [-0.2, 0) is 4.79 Å². The normalized spacial score (nSPS) is 22.8. The molecule has 0 bridgehead atoms. The Morgan fingerprint density at radius 1 is 1.28 bits per heavy atom. The number of nitrogens with zero attached hydrogens (tertiary/aromatic N) is 1. The second-order valence-electron chi connectivity index (χ2n) is 7.50. The lowest BCUT2D eigenvalue weighted by molar-refractivity contribution is -0.145. The Morgan fingerprint density at radius 2 is 1.93 bits per heavy atom. The summed E-state index contributed by atoms with van der Waals surface area (Å²) in [6, 6.07) is 14.7. The number of carboxylic acid groups (broad SMARTS) is 1. The summed E-state index contributed by atoms with van der Waals surface area (Å²) in [7, 11) is 0. The van der Waals surface area contributed by atoms with Crippen LogP contribution in [0.5, 0.6) is 11.5 Å². The van der Waals surface area contributed by atoms with E-state index in [0.717, 1.165) is 0 Å². The number of hydrogen-bond acceptors (Lipinski definition) is 3. The monoisotopic (exact) mass is 433 g/mol. The summed E-state index contributed by atoms with van der Waals surface area (Å²) in [4.78, 5) is 12.3. The summed E-state index contributed by atoms with van der Waals surface area (Å²) in [6.07, 6.45) is 1.45. The fourth-order valence-corrected chi connectivity index (χ4v) is 4.47. The molecule has 29 heavy (non-hydrogen) atoms. The van der Waals surface area contributed by atoms with E-state index >= 15 is 0 Å². The second kappa shape index (κ2) is 7.70. The molecule has 3 atom stereocenters. The van der Waals surface area contributed by atoms with Crippen molar-refractivity contribution in [2.45, 2.75) is 19.8 Å². The van der Waals surface area contributed by atoms with Gasteiger partial charge in [-0.3, -0.25) is 4.79 Å². The van der Waals surface area contributed by atoms with Crippen molar-refractivity contribution in [3.63, 3.8) is 0 Å². The molecule has 0 aromatic heterocycles. The first kappa shape index (κ1) is 21.2. The van der Waals surface area contributed by atoms with E-state index in [-0.39, 0.29) is 10.2 Å². The molecule has 1 aliphatic carbocycles. The van der Waals surface area contributed by atoms with Crippen molar-refractivity contribution >= 4 is 29.2 Å². The Labute approximate surface area is 178 Å². The van der Waals surface area contributed by atoms with Gasteiger partial charge in [0, 0.05) is 5.92 Å². The zero-order valence-corrected chi connectivity index (χ0v) is 17.2. The topological polar surface area (TPSA) is 70.3 Å². The molecule has 1 N–H and O–H groups in total. The van der Waals surface area contributed by atoms with Crippen LogP contribution in [0.3, 0.4) is 0 Å². The molecular weight excluding hydrogens is 416 g/mol. The van der Waals surface area contributed by atoms with E-state index < -0.39 is 34.5 Å². The summed E-state index contributed by atoms with van der Waals surface area (Å²) >= 11 is 11.6. The van der Waals surface area contributed by atoms with Crippen molar-refractivity contribution in [1.29, 1.82) is 5.26 Å². The lowest BCUT2D eigenvalue weighted by atomic mass is 9.78. The van der Waals surface area contributed by atoms with E-state index in [0.29, 0.717) is 11.3 Å². The summed E-state index contributed by atoms with van der Waals surface area (Å²) in [5, 5.41) is 20.0. The summed E-state index contributed by atoms with van der Waals surface area (Å²) < 4.78 is 19.9. The maximum atomic E-state index is 14.3. The van der Waals surface area contributed by atoms with E-state index in [1.807, 2.05) is 0 Å². The number of carboxylic acids is 1. The van der Waals surface area contributed by atoms with Gasteiger partial charge in [-0.05, 0) is 41.3 Å². The quantitative estimate of drug-likeness (QED) is 0.582. The molecule has 0 radical (unpaired) electrons. The van der Waals surface area contributed by atoms with Gasteiger partial charge in [-0.2, -0.15) is 5.26 Å². The van der Waals surface area contributed by atoms with Crippen LogP contribution >= 0.6 is 23.2 Å². The van der Waals surface area contributed by atoms with E-state index in [9.17, 15) is 19.6 Å². The van der Waals surface area contributed by atoms with Crippen LogP contribution in [0.1, 0.15) is 25.3 Å². The first-order valence-corrected chi connectivity index (χ1v) is 9.60. The highest BCUT2D eigenvalue weighted by atomic mass is 35.5. The third kappa shape index (κ3) is 3.48. The van der Waals surface area contributed by atoms with Gasteiger partial charge >= 0.3 is 5.97 Å². The maximum Gasteiger partial charge on any atom is 0.312 e. The standard InChI is InChI=1S/C22H18Cl2FNO3/c1-21(2)18(11-19(23)24)22(21,20(27)28)15(12-26)13-8-9-16(25)17(10-13)29-14-6-4-3-5-7-14/h3-11,15,18H,1-2H3,(H,27,28)/t15-,18+,22-/m1/s1. The number of halogens is 3. The average molecular weight is 434 g/mol. The fraction of sp³-hybridized carbons (Fsp3) is 0.273. The van der Waals surface area contributed by atoms with Crippen molar-refractivity contribution in [3.05, 3.63) is 70.5 Å². The minimum absolute atomic E-state index is 0.0601. The van der Waals surface area contributed by atoms with Crippen LogP contribution in [0.4, 0.5) is 4.39 Å². The van der Waals surface area contributed by atoms with Crippen LogP contribution < -0.4 is 4.74 Å². The van der Waals surface area contributed by atoms with Gasteiger partial charge in [0.2, 0.25) is 0 Å². The van der Waals surface area contributed by atoms with Gasteiger partial charge in [0.15, 0.2) is 11.6 Å². The number of hydrogen-bond donors (Lipinski definition) is 1. The molecule has 0 heterocycles. The van der Waals surface area contributed by atoms with Crippen LogP contribution in [0, 0.1) is 33.9 Å². The smallest absolute Gasteiger partial charge is 0.312 e. The molecule has 0 saturated heterocycles. The van der Waals surface area contributed by atoms with Gasteiger partial charge in [-0.1, -0.05) is 61.3 Å². The van der Waals surface area contributed by atoms with Crippen LogP contribution in [0.15, 0.2) is 59.1 Å². The molecule has 4 nitrogen and oxygen atoms in total. The van der Waals surface area contributed by atoms with E-state index in [2.05, 4.69) is 6.07 Å². The summed E-state index contributed by atoms with van der Waals surface area (Å²) in [6.45, 7) is 3.49. The van der Waals surface area contributed by atoms with Crippen molar-refractivity contribution in [2.24, 2.45) is 16.7 Å². The lowest BCUT2D eigenvalue weighted by Crippen LogP contribution is -2.28. The van der Waals surface area contributed by atoms with Gasteiger partial charge in [-0.15, -0.1) is 0 Å². The number of carbonyl (C=O) groups is 1.